The van der Waals surface area contributed by atoms with E-state index in [4.69, 9.17) is 37.9 Å². The fourth-order valence-electron chi connectivity index (χ4n) is 3.59. The quantitative estimate of drug-likeness (QED) is 0.0805. The fraction of sp³-hybridized carbons (Fsp3) is 0.548. The van der Waals surface area contributed by atoms with E-state index in [1.54, 1.807) is 6.92 Å². The summed E-state index contributed by atoms with van der Waals surface area (Å²) in [7, 11) is 2.76. The third kappa shape index (κ3) is 17.6. The van der Waals surface area contributed by atoms with E-state index in [1.807, 2.05) is 0 Å². The largest absolute Gasteiger partial charge is 0.465 e. The molecule has 0 aliphatic heterocycles. The Bertz CT molecular complexity index is 999. The Kier molecular flexibility index (Phi) is 20.1. The summed E-state index contributed by atoms with van der Waals surface area (Å²) in [6, 6.07) is 0. The first-order valence-electron chi connectivity index (χ1n) is 13.8. The molecule has 0 fully saturated rings. The van der Waals surface area contributed by atoms with Gasteiger partial charge in [-0.15, -0.1) is 0 Å². The van der Waals surface area contributed by atoms with Crippen molar-refractivity contribution in [2.45, 2.75) is 26.2 Å². The highest BCUT2D eigenvalue weighted by molar-refractivity contribution is 5.82. The smallest absolute Gasteiger partial charge is 0.330 e. The lowest BCUT2D eigenvalue weighted by Gasteiger charge is -2.31. The van der Waals surface area contributed by atoms with E-state index in [-0.39, 0.29) is 78.0 Å². The lowest BCUT2D eigenvalue weighted by atomic mass is 9.92. The lowest BCUT2D eigenvalue weighted by molar-refractivity contribution is -0.166. The molecule has 14 nitrogen and oxygen atoms in total. The molecule has 0 aliphatic carbocycles. The first-order chi connectivity index (χ1) is 21.3. The minimum atomic E-state index is -1.20. The summed E-state index contributed by atoms with van der Waals surface area (Å²) < 4.78 is 41.7. The minimum absolute atomic E-state index is 0.0704. The highest BCUT2D eigenvalue weighted by atomic mass is 16.6. The van der Waals surface area contributed by atoms with Crippen molar-refractivity contribution in [3.05, 3.63) is 50.6 Å². The molecule has 14 heteroatoms. The maximum Gasteiger partial charge on any atom is 0.330 e. The number of esters is 6. The summed E-state index contributed by atoms with van der Waals surface area (Å²) >= 11 is 0. The number of hydrogen-bond acceptors (Lipinski definition) is 14. The Morgan fingerprint density at radius 1 is 0.533 bits per heavy atom. The van der Waals surface area contributed by atoms with Crippen molar-refractivity contribution in [2.24, 2.45) is 16.7 Å². The standard InChI is InChI=1S/C31H44O14/c1-8-24(32)40-17-30(15-38-6,18-41-25(33)9-2)21-44-28(36)13-12-23(5)14-29(37)45-22-31(16-39-7,19-42-26(34)10-3)20-43-27(35)11-4/h8-11,23H,1-4,12-22H2,5-7H3. The van der Waals surface area contributed by atoms with Crippen molar-refractivity contribution in [3.8, 4) is 0 Å². The van der Waals surface area contributed by atoms with Gasteiger partial charge < -0.3 is 37.9 Å². The van der Waals surface area contributed by atoms with Crippen LogP contribution >= 0.6 is 0 Å². The second kappa shape index (κ2) is 22.2. The molecule has 0 saturated carbocycles. The monoisotopic (exact) mass is 640 g/mol. The van der Waals surface area contributed by atoms with Gasteiger partial charge in [-0.2, -0.15) is 0 Å². The summed E-state index contributed by atoms with van der Waals surface area (Å²) in [5.41, 5.74) is -2.41. The summed E-state index contributed by atoms with van der Waals surface area (Å²) in [5, 5.41) is 0. The Labute approximate surface area is 263 Å². The van der Waals surface area contributed by atoms with Crippen LogP contribution in [0.2, 0.25) is 0 Å². The Morgan fingerprint density at radius 3 is 1.16 bits per heavy atom. The van der Waals surface area contributed by atoms with Crippen molar-refractivity contribution in [2.75, 3.05) is 67.1 Å². The molecular formula is C31H44O14. The van der Waals surface area contributed by atoms with Crippen LogP contribution in [-0.4, -0.2) is 103 Å². The fourth-order valence-corrected chi connectivity index (χ4v) is 3.59. The van der Waals surface area contributed by atoms with Gasteiger partial charge in [0.1, 0.15) is 39.6 Å². The summed E-state index contributed by atoms with van der Waals surface area (Å²) in [5.74, 6) is -4.47. The molecule has 0 aliphatic rings. The van der Waals surface area contributed by atoms with E-state index in [0.29, 0.717) is 0 Å². The molecule has 1 atom stereocenters. The van der Waals surface area contributed by atoms with Gasteiger partial charge in [0, 0.05) is 51.4 Å². The number of ether oxygens (including phenoxy) is 8. The number of hydrogen-bond donors (Lipinski definition) is 0. The van der Waals surface area contributed by atoms with E-state index in [1.165, 1.54) is 14.2 Å². The van der Waals surface area contributed by atoms with Gasteiger partial charge in [-0.25, -0.2) is 19.2 Å². The number of rotatable bonds is 25. The molecule has 0 saturated heterocycles. The van der Waals surface area contributed by atoms with Crippen LogP contribution in [0.5, 0.6) is 0 Å². The van der Waals surface area contributed by atoms with Crippen LogP contribution in [0, 0.1) is 16.7 Å². The molecule has 0 radical (unpaired) electrons. The van der Waals surface area contributed by atoms with Gasteiger partial charge in [-0.1, -0.05) is 33.2 Å². The van der Waals surface area contributed by atoms with Crippen LogP contribution in [-0.2, 0) is 66.7 Å². The molecule has 0 amide bonds. The molecule has 252 valence electrons. The zero-order valence-electron chi connectivity index (χ0n) is 26.2. The van der Waals surface area contributed by atoms with E-state index < -0.39 is 46.6 Å². The molecule has 45 heavy (non-hydrogen) atoms. The highest BCUT2D eigenvalue weighted by Crippen LogP contribution is 2.24. The lowest BCUT2D eigenvalue weighted by Crippen LogP contribution is -2.43. The Hall–Kier alpha value is -4.30. The third-order valence-electron chi connectivity index (χ3n) is 6.09. The third-order valence-corrected chi connectivity index (χ3v) is 6.09. The summed E-state index contributed by atoms with van der Waals surface area (Å²) in [6.07, 6.45) is 3.94. The zero-order chi connectivity index (χ0) is 34.3. The molecule has 0 aromatic rings. The van der Waals surface area contributed by atoms with Gasteiger partial charge in [-0.3, -0.25) is 9.59 Å². The van der Waals surface area contributed by atoms with Crippen LogP contribution in [0.3, 0.4) is 0 Å². The van der Waals surface area contributed by atoms with E-state index in [2.05, 4.69) is 26.3 Å². The molecule has 0 N–H and O–H groups in total. The van der Waals surface area contributed by atoms with Crippen molar-refractivity contribution in [1.29, 1.82) is 0 Å². The number of carbonyl (C=O) groups is 6. The topological polar surface area (TPSA) is 176 Å². The Morgan fingerprint density at radius 2 is 0.844 bits per heavy atom. The maximum absolute atomic E-state index is 12.6. The van der Waals surface area contributed by atoms with Gasteiger partial charge in [0.25, 0.3) is 0 Å². The van der Waals surface area contributed by atoms with Gasteiger partial charge in [0.2, 0.25) is 0 Å². The van der Waals surface area contributed by atoms with Crippen LogP contribution in [0.15, 0.2) is 50.6 Å². The van der Waals surface area contributed by atoms with Gasteiger partial charge in [0.05, 0.1) is 24.0 Å². The molecule has 0 aromatic heterocycles. The first kappa shape index (κ1) is 40.7. The SMILES string of the molecule is C=CC(=O)OCC(COC)(COC(=O)C=C)COC(=O)CCC(C)CC(=O)OCC(COC)(COC(=O)C=C)COC(=O)C=C. The second-order valence-corrected chi connectivity index (χ2v) is 10.3. The normalized spacial score (nSPS) is 11.6. The molecule has 0 rings (SSSR count). The van der Waals surface area contributed by atoms with Crippen molar-refractivity contribution in [1.82, 2.24) is 0 Å². The molecule has 1 unspecified atom stereocenters. The molecular weight excluding hydrogens is 596 g/mol. The van der Waals surface area contributed by atoms with E-state index >= 15 is 0 Å². The van der Waals surface area contributed by atoms with Crippen molar-refractivity contribution >= 4 is 35.8 Å². The predicted molar refractivity (Wildman–Crippen MR) is 158 cm³/mol. The van der Waals surface area contributed by atoms with Gasteiger partial charge in [0.15, 0.2) is 0 Å². The average molecular weight is 641 g/mol. The summed E-state index contributed by atoms with van der Waals surface area (Å²) in [6.45, 7) is 13.1. The second-order valence-electron chi connectivity index (χ2n) is 10.3. The van der Waals surface area contributed by atoms with Crippen LogP contribution in [0.25, 0.3) is 0 Å². The average Bonchev–Trinajstić information content (AvgIpc) is 3.04. The predicted octanol–water partition coefficient (Wildman–Crippen LogP) is 2.06. The molecule has 0 spiro atoms. The first-order valence-corrected chi connectivity index (χ1v) is 13.8. The van der Waals surface area contributed by atoms with Crippen molar-refractivity contribution in [3.63, 3.8) is 0 Å². The van der Waals surface area contributed by atoms with Crippen LogP contribution in [0.1, 0.15) is 26.2 Å². The van der Waals surface area contributed by atoms with Crippen molar-refractivity contribution < 1.29 is 66.7 Å². The molecule has 0 aromatic carbocycles. The zero-order valence-corrected chi connectivity index (χ0v) is 26.2. The van der Waals surface area contributed by atoms with Crippen LogP contribution < -0.4 is 0 Å². The van der Waals surface area contributed by atoms with Gasteiger partial charge in [-0.05, 0) is 12.3 Å². The minimum Gasteiger partial charge on any atom is -0.465 e. The van der Waals surface area contributed by atoms with E-state index in [0.717, 1.165) is 24.3 Å². The summed E-state index contributed by atoms with van der Waals surface area (Å²) in [4.78, 5) is 71.8. The maximum atomic E-state index is 12.6. The van der Waals surface area contributed by atoms with Crippen LogP contribution in [0.4, 0.5) is 0 Å². The molecule has 0 heterocycles. The Balaban J connectivity index is 5.20. The molecule has 0 bridgehead atoms. The number of carbonyl (C=O) groups excluding carboxylic acids is 6. The number of methoxy groups -OCH3 is 2. The highest BCUT2D eigenvalue weighted by Gasteiger charge is 2.37. The van der Waals surface area contributed by atoms with E-state index in [9.17, 15) is 28.8 Å². The van der Waals surface area contributed by atoms with Gasteiger partial charge >= 0.3 is 35.8 Å².